The van der Waals surface area contributed by atoms with Gasteiger partial charge in [0.15, 0.2) is 0 Å². The van der Waals surface area contributed by atoms with Crippen LogP contribution in [0.25, 0.3) is 0 Å². The molecule has 0 bridgehead atoms. The van der Waals surface area contributed by atoms with Gasteiger partial charge in [-0.15, -0.1) is 0 Å². The second-order valence-corrected chi connectivity index (χ2v) is 3.20. The Morgan fingerprint density at radius 2 is 2.00 bits per heavy atom. The van der Waals surface area contributed by atoms with E-state index in [9.17, 15) is 9.18 Å². The van der Waals surface area contributed by atoms with Crippen molar-refractivity contribution in [3.05, 3.63) is 35.6 Å². The standard InChI is InChI=1S/C11H14FNO2/c12-10-4-1-9(2-5-10)3-6-11(15)13-7-8-14/h1-2,4-5,14H,3,6-8H2,(H,13,15). The van der Waals surface area contributed by atoms with E-state index in [-0.39, 0.29) is 24.9 Å². The number of aliphatic hydroxyl groups excluding tert-OH is 1. The summed E-state index contributed by atoms with van der Waals surface area (Å²) < 4.78 is 12.5. The van der Waals surface area contributed by atoms with Crippen LogP contribution in [0.15, 0.2) is 24.3 Å². The van der Waals surface area contributed by atoms with Gasteiger partial charge >= 0.3 is 0 Å². The number of carbonyl (C=O) groups is 1. The van der Waals surface area contributed by atoms with Crippen LogP contribution in [0.3, 0.4) is 0 Å². The number of aryl methyl sites for hydroxylation is 1. The predicted molar refractivity (Wildman–Crippen MR) is 54.8 cm³/mol. The SMILES string of the molecule is O=C(CCc1ccc(F)cc1)NCCO. The Balaban J connectivity index is 2.30. The molecule has 0 unspecified atom stereocenters. The quantitative estimate of drug-likeness (QED) is 0.759. The Morgan fingerprint density at radius 1 is 1.33 bits per heavy atom. The molecule has 1 rings (SSSR count). The van der Waals surface area contributed by atoms with Gasteiger partial charge in [-0.2, -0.15) is 0 Å². The third-order valence-electron chi connectivity index (χ3n) is 1.99. The molecule has 0 aliphatic heterocycles. The van der Waals surface area contributed by atoms with Crippen LogP contribution < -0.4 is 5.32 Å². The molecule has 15 heavy (non-hydrogen) atoms. The Kier molecular flexibility index (Phi) is 4.77. The molecule has 1 amide bonds. The van der Waals surface area contributed by atoms with E-state index in [2.05, 4.69) is 5.32 Å². The lowest BCUT2D eigenvalue weighted by molar-refractivity contribution is -0.121. The molecule has 1 aromatic rings. The fraction of sp³-hybridized carbons (Fsp3) is 0.364. The Bertz CT molecular complexity index is 311. The summed E-state index contributed by atoms with van der Waals surface area (Å²) in [5.74, 6) is -0.378. The number of aliphatic hydroxyl groups is 1. The molecule has 0 heterocycles. The topological polar surface area (TPSA) is 49.3 Å². The zero-order chi connectivity index (χ0) is 11.1. The largest absolute Gasteiger partial charge is 0.395 e. The third kappa shape index (κ3) is 4.56. The first-order valence-corrected chi connectivity index (χ1v) is 4.84. The average Bonchev–Trinajstić information content (AvgIpc) is 2.25. The first kappa shape index (κ1) is 11.7. The summed E-state index contributed by atoms with van der Waals surface area (Å²) in [4.78, 5) is 11.1. The van der Waals surface area contributed by atoms with Crippen molar-refractivity contribution in [2.75, 3.05) is 13.2 Å². The van der Waals surface area contributed by atoms with Gasteiger partial charge in [0.2, 0.25) is 5.91 Å². The first-order chi connectivity index (χ1) is 7.22. The molecule has 2 N–H and O–H groups in total. The Morgan fingerprint density at radius 3 is 2.60 bits per heavy atom. The molecular weight excluding hydrogens is 197 g/mol. The van der Waals surface area contributed by atoms with Gasteiger partial charge in [-0.1, -0.05) is 12.1 Å². The van der Waals surface area contributed by atoms with Gasteiger partial charge in [-0.3, -0.25) is 4.79 Å². The van der Waals surface area contributed by atoms with Gasteiger partial charge in [0.1, 0.15) is 5.82 Å². The van der Waals surface area contributed by atoms with Crippen molar-refractivity contribution in [3.63, 3.8) is 0 Å². The highest BCUT2D eigenvalue weighted by Gasteiger charge is 2.01. The molecule has 0 radical (unpaired) electrons. The van der Waals surface area contributed by atoms with Crippen molar-refractivity contribution in [1.29, 1.82) is 0 Å². The number of benzene rings is 1. The number of halogens is 1. The summed E-state index contributed by atoms with van der Waals surface area (Å²) in [6.45, 7) is 0.227. The van der Waals surface area contributed by atoms with Crippen molar-refractivity contribution < 1.29 is 14.3 Å². The molecule has 0 fully saturated rings. The van der Waals surface area contributed by atoms with E-state index in [0.717, 1.165) is 5.56 Å². The molecule has 0 spiro atoms. The van der Waals surface area contributed by atoms with E-state index in [1.807, 2.05) is 0 Å². The molecule has 0 saturated carbocycles. The molecular formula is C11H14FNO2. The van der Waals surface area contributed by atoms with Crippen molar-refractivity contribution in [1.82, 2.24) is 5.32 Å². The van der Waals surface area contributed by atoms with Crippen molar-refractivity contribution in [2.24, 2.45) is 0 Å². The van der Waals surface area contributed by atoms with Gasteiger partial charge < -0.3 is 10.4 Å². The van der Waals surface area contributed by atoms with Crippen LogP contribution in [-0.4, -0.2) is 24.2 Å². The van der Waals surface area contributed by atoms with E-state index < -0.39 is 0 Å². The number of rotatable bonds is 5. The van der Waals surface area contributed by atoms with E-state index in [0.29, 0.717) is 12.8 Å². The first-order valence-electron chi connectivity index (χ1n) is 4.84. The van der Waals surface area contributed by atoms with Crippen molar-refractivity contribution in [2.45, 2.75) is 12.8 Å². The van der Waals surface area contributed by atoms with E-state index in [1.54, 1.807) is 12.1 Å². The maximum absolute atomic E-state index is 12.5. The van der Waals surface area contributed by atoms with E-state index in [4.69, 9.17) is 5.11 Å². The van der Waals surface area contributed by atoms with Crippen LogP contribution in [0.4, 0.5) is 4.39 Å². The van der Waals surface area contributed by atoms with Crippen LogP contribution in [-0.2, 0) is 11.2 Å². The highest BCUT2D eigenvalue weighted by atomic mass is 19.1. The fourth-order valence-corrected chi connectivity index (χ4v) is 1.19. The van der Waals surface area contributed by atoms with Crippen LogP contribution in [0.2, 0.25) is 0 Å². The highest BCUT2D eigenvalue weighted by Crippen LogP contribution is 2.05. The summed E-state index contributed by atoms with van der Waals surface area (Å²) in [6, 6.07) is 6.07. The predicted octanol–water partition coefficient (Wildman–Crippen LogP) is 0.867. The number of hydrogen-bond acceptors (Lipinski definition) is 2. The second-order valence-electron chi connectivity index (χ2n) is 3.20. The van der Waals surface area contributed by atoms with E-state index >= 15 is 0 Å². The van der Waals surface area contributed by atoms with Crippen molar-refractivity contribution >= 4 is 5.91 Å². The lowest BCUT2D eigenvalue weighted by Crippen LogP contribution is -2.26. The normalized spacial score (nSPS) is 10.0. The monoisotopic (exact) mass is 211 g/mol. The van der Waals surface area contributed by atoms with Gasteiger partial charge in [0.25, 0.3) is 0 Å². The van der Waals surface area contributed by atoms with Gasteiger partial charge in [-0.25, -0.2) is 4.39 Å². The smallest absolute Gasteiger partial charge is 0.220 e. The Hall–Kier alpha value is -1.42. The number of amides is 1. The van der Waals surface area contributed by atoms with Crippen LogP contribution >= 0.6 is 0 Å². The van der Waals surface area contributed by atoms with Crippen molar-refractivity contribution in [3.8, 4) is 0 Å². The number of nitrogens with one attached hydrogen (secondary N) is 1. The molecule has 0 aromatic heterocycles. The maximum atomic E-state index is 12.5. The molecule has 82 valence electrons. The summed E-state index contributed by atoms with van der Waals surface area (Å²) >= 11 is 0. The van der Waals surface area contributed by atoms with Gasteiger partial charge in [-0.05, 0) is 24.1 Å². The summed E-state index contributed by atoms with van der Waals surface area (Å²) in [7, 11) is 0. The summed E-state index contributed by atoms with van der Waals surface area (Å²) in [5, 5.41) is 11.0. The minimum absolute atomic E-state index is 0.0533. The molecule has 4 heteroatoms. The lowest BCUT2D eigenvalue weighted by Gasteiger charge is -2.03. The Labute approximate surface area is 87.9 Å². The zero-order valence-electron chi connectivity index (χ0n) is 8.37. The van der Waals surface area contributed by atoms with Gasteiger partial charge in [0, 0.05) is 13.0 Å². The zero-order valence-corrected chi connectivity index (χ0v) is 8.37. The average molecular weight is 211 g/mol. The number of hydrogen-bond donors (Lipinski definition) is 2. The summed E-state index contributed by atoms with van der Waals surface area (Å²) in [6.07, 6.45) is 0.934. The number of carbonyl (C=O) groups excluding carboxylic acids is 1. The molecule has 1 aromatic carbocycles. The third-order valence-corrected chi connectivity index (χ3v) is 1.99. The fourth-order valence-electron chi connectivity index (χ4n) is 1.19. The molecule has 0 saturated heterocycles. The lowest BCUT2D eigenvalue weighted by atomic mass is 10.1. The van der Waals surface area contributed by atoms with Crippen LogP contribution in [0.1, 0.15) is 12.0 Å². The molecule has 0 aliphatic carbocycles. The van der Waals surface area contributed by atoms with Gasteiger partial charge in [0.05, 0.1) is 6.61 Å². The maximum Gasteiger partial charge on any atom is 0.220 e. The van der Waals surface area contributed by atoms with E-state index in [1.165, 1.54) is 12.1 Å². The molecule has 0 atom stereocenters. The summed E-state index contributed by atoms with van der Waals surface area (Å²) in [5.41, 5.74) is 0.926. The highest BCUT2D eigenvalue weighted by molar-refractivity contribution is 5.76. The van der Waals surface area contributed by atoms with Crippen LogP contribution in [0, 0.1) is 5.82 Å². The molecule has 3 nitrogen and oxygen atoms in total. The second kappa shape index (κ2) is 6.14. The van der Waals surface area contributed by atoms with Crippen LogP contribution in [0.5, 0.6) is 0 Å². The minimum Gasteiger partial charge on any atom is -0.395 e. The molecule has 0 aliphatic rings. The minimum atomic E-state index is -0.275.